The third-order valence-electron chi connectivity index (χ3n) is 3.32. The summed E-state index contributed by atoms with van der Waals surface area (Å²) in [7, 11) is 0. The van der Waals surface area contributed by atoms with Crippen LogP contribution in [0.25, 0.3) is 0 Å². The van der Waals surface area contributed by atoms with Crippen molar-refractivity contribution >= 4 is 11.6 Å². The molecule has 0 radical (unpaired) electrons. The number of para-hydroxylation sites is 2. The molecule has 124 valence electrons. The van der Waals surface area contributed by atoms with E-state index in [1.165, 1.54) is 0 Å². The van der Waals surface area contributed by atoms with Gasteiger partial charge in [-0.3, -0.25) is 9.69 Å². The second-order valence-corrected chi connectivity index (χ2v) is 5.67. The van der Waals surface area contributed by atoms with Gasteiger partial charge in [-0.15, -0.1) is 0 Å². The highest BCUT2D eigenvalue weighted by molar-refractivity contribution is 5.92. The Morgan fingerprint density at radius 3 is 2.59 bits per heavy atom. The zero-order chi connectivity index (χ0) is 16.5. The summed E-state index contributed by atoms with van der Waals surface area (Å²) in [6.45, 7) is 9.53. The molecular formula is C17H28N2O3. The normalized spacial score (nSPS) is 12.5. The van der Waals surface area contributed by atoms with Gasteiger partial charge in [0, 0.05) is 25.6 Å². The van der Waals surface area contributed by atoms with E-state index in [0.717, 1.165) is 0 Å². The fourth-order valence-electron chi connectivity index (χ4n) is 2.21. The van der Waals surface area contributed by atoms with Crippen LogP contribution in [-0.4, -0.2) is 47.8 Å². The molecule has 0 heterocycles. The molecule has 0 aliphatic rings. The molecule has 1 unspecified atom stereocenters. The van der Waals surface area contributed by atoms with Crippen molar-refractivity contribution in [3.63, 3.8) is 0 Å². The third-order valence-corrected chi connectivity index (χ3v) is 3.32. The average Bonchev–Trinajstić information content (AvgIpc) is 2.45. The van der Waals surface area contributed by atoms with Crippen LogP contribution in [-0.2, 0) is 4.79 Å². The minimum atomic E-state index is -0.399. The number of hydrogen-bond acceptors (Lipinski definition) is 4. The van der Waals surface area contributed by atoms with Crippen LogP contribution in [0.3, 0.4) is 0 Å². The Bertz CT molecular complexity index is 461. The van der Waals surface area contributed by atoms with Gasteiger partial charge in [0.05, 0.1) is 18.4 Å². The minimum absolute atomic E-state index is 0.0524. The maximum Gasteiger partial charge on any atom is 0.225 e. The molecule has 0 fully saturated rings. The van der Waals surface area contributed by atoms with Crippen molar-refractivity contribution in [2.75, 3.05) is 25.0 Å². The summed E-state index contributed by atoms with van der Waals surface area (Å²) >= 11 is 0. The van der Waals surface area contributed by atoms with E-state index >= 15 is 0 Å². The summed E-state index contributed by atoms with van der Waals surface area (Å²) in [5.41, 5.74) is 0.695. The van der Waals surface area contributed by atoms with Crippen molar-refractivity contribution in [3.8, 4) is 5.75 Å². The minimum Gasteiger partial charge on any atom is -0.492 e. The lowest BCUT2D eigenvalue weighted by atomic mass is 10.2. The van der Waals surface area contributed by atoms with Gasteiger partial charge in [-0.1, -0.05) is 12.1 Å². The Morgan fingerprint density at radius 1 is 1.32 bits per heavy atom. The molecule has 0 bridgehead atoms. The van der Waals surface area contributed by atoms with Crippen LogP contribution >= 0.6 is 0 Å². The predicted molar refractivity (Wildman–Crippen MR) is 89.2 cm³/mol. The molecule has 22 heavy (non-hydrogen) atoms. The van der Waals surface area contributed by atoms with Crippen molar-refractivity contribution in [2.45, 2.75) is 46.3 Å². The van der Waals surface area contributed by atoms with Gasteiger partial charge in [0.25, 0.3) is 0 Å². The van der Waals surface area contributed by atoms with Crippen molar-refractivity contribution in [2.24, 2.45) is 0 Å². The van der Waals surface area contributed by atoms with E-state index in [2.05, 4.69) is 24.1 Å². The van der Waals surface area contributed by atoms with E-state index in [-0.39, 0.29) is 11.9 Å². The molecular weight excluding hydrogens is 280 g/mol. The molecule has 0 aliphatic heterocycles. The summed E-state index contributed by atoms with van der Waals surface area (Å²) in [4.78, 5) is 14.2. The van der Waals surface area contributed by atoms with Gasteiger partial charge in [-0.05, 0) is 39.8 Å². The topological polar surface area (TPSA) is 61.8 Å². The van der Waals surface area contributed by atoms with Crippen LogP contribution in [0.1, 0.15) is 34.1 Å². The SMILES string of the molecule is CCOc1ccccc1NC(=O)CCN(CC(C)O)C(C)C. The molecule has 0 spiro atoms. The highest BCUT2D eigenvalue weighted by Gasteiger charge is 2.14. The average molecular weight is 308 g/mol. The Labute approximate surface area is 133 Å². The van der Waals surface area contributed by atoms with Crippen LogP contribution in [0.15, 0.2) is 24.3 Å². The van der Waals surface area contributed by atoms with Crippen LogP contribution < -0.4 is 10.1 Å². The highest BCUT2D eigenvalue weighted by atomic mass is 16.5. The molecule has 0 saturated heterocycles. The van der Waals surface area contributed by atoms with Gasteiger partial charge >= 0.3 is 0 Å². The molecule has 0 aliphatic carbocycles. The number of carbonyl (C=O) groups excluding carboxylic acids is 1. The smallest absolute Gasteiger partial charge is 0.225 e. The first-order valence-electron chi connectivity index (χ1n) is 7.87. The number of nitrogens with zero attached hydrogens (tertiary/aromatic N) is 1. The second-order valence-electron chi connectivity index (χ2n) is 5.67. The zero-order valence-electron chi connectivity index (χ0n) is 14.0. The first kappa shape index (κ1) is 18.5. The van der Waals surface area contributed by atoms with Crippen molar-refractivity contribution < 1.29 is 14.6 Å². The van der Waals surface area contributed by atoms with Gasteiger partial charge < -0.3 is 15.2 Å². The second kappa shape index (κ2) is 9.43. The molecule has 1 rings (SSSR count). The fourth-order valence-corrected chi connectivity index (χ4v) is 2.21. The van der Waals surface area contributed by atoms with Gasteiger partial charge in [0.1, 0.15) is 5.75 Å². The molecule has 0 aromatic heterocycles. The van der Waals surface area contributed by atoms with Crippen molar-refractivity contribution in [1.82, 2.24) is 4.90 Å². The number of anilines is 1. The number of ether oxygens (including phenoxy) is 1. The number of amides is 1. The summed E-state index contributed by atoms with van der Waals surface area (Å²) in [5.74, 6) is 0.631. The van der Waals surface area contributed by atoms with E-state index in [1.807, 2.05) is 31.2 Å². The Kier molecular flexibility index (Phi) is 7.91. The standard InChI is InChI=1S/C17H28N2O3/c1-5-22-16-9-7-6-8-15(16)18-17(21)10-11-19(13(2)3)12-14(4)20/h6-9,13-14,20H,5,10-12H2,1-4H3,(H,18,21). The summed E-state index contributed by atoms with van der Waals surface area (Å²) < 4.78 is 5.50. The monoisotopic (exact) mass is 308 g/mol. The zero-order valence-corrected chi connectivity index (χ0v) is 14.0. The maximum atomic E-state index is 12.1. The molecule has 0 saturated carbocycles. The van der Waals surface area contributed by atoms with E-state index in [9.17, 15) is 9.90 Å². The molecule has 1 atom stereocenters. The van der Waals surface area contributed by atoms with Crippen LogP contribution in [0.4, 0.5) is 5.69 Å². The molecule has 1 aromatic rings. The number of aliphatic hydroxyl groups excluding tert-OH is 1. The number of carbonyl (C=O) groups is 1. The van der Waals surface area contributed by atoms with Crippen LogP contribution in [0, 0.1) is 0 Å². The van der Waals surface area contributed by atoms with E-state index in [4.69, 9.17) is 4.74 Å². The lowest BCUT2D eigenvalue weighted by Gasteiger charge is -2.27. The van der Waals surface area contributed by atoms with E-state index < -0.39 is 6.10 Å². The number of rotatable bonds is 9. The van der Waals surface area contributed by atoms with Crippen molar-refractivity contribution in [3.05, 3.63) is 24.3 Å². The lowest BCUT2D eigenvalue weighted by molar-refractivity contribution is -0.116. The number of hydrogen-bond donors (Lipinski definition) is 2. The Balaban J connectivity index is 2.55. The van der Waals surface area contributed by atoms with Gasteiger partial charge in [-0.25, -0.2) is 0 Å². The van der Waals surface area contributed by atoms with E-state index in [0.29, 0.717) is 37.6 Å². The first-order chi connectivity index (χ1) is 10.4. The molecule has 5 heteroatoms. The van der Waals surface area contributed by atoms with Gasteiger partial charge in [0.15, 0.2) is 0 Å². The summed E-state index contributed by atoms with van der Waals surface area (Å²) in [5, 5.41) is 12.4. The predicted octanol–water partition coefficient (Wildman–Crippen LogP) is 2.51. The fraction of sp³-hybridized carbons (Fsp3) is 0.588. The quantitative estimate of drug-likeness (QED) is 0.736. The summed E-state index contributed by atoms with van der Waals surface area (Å²) in [6.07, 6.45) is -0.0186. The number of nitrogens with one attached hydrogen (secondary N) is 1. The lowest BCUT2D eigenvalue weighted by Crippen LogP contribution is -2.38. The molecule has 1 amide bonds. The molecule has 2 N–H and O–H groups in total. The Morgan fingerprint density at radius 2 is 2.00 bits per heavy atom. The van der Waals surface area contributed by atoms with Crippen LogP contribution in [0.5, 0.6) is 5.75 Å². The van der Waals surface area contributed by atoms with Gasteiger partial charge in [-0.2, -0.15) is 0 Å². The van der Waals surface area contributed by atoms with Crippen molar-refractivity contribution in [1.29, 1.82) is 0 Å². The van der Waals surface area contributed by atoms with E-state index in [1.54, 1.807) is 6.92 Å². The Hall–Kier alpha value is -1.59. The molecule has 1 aromatic carbocycles. The highest BCUT2D eigenvalue weighted by Crippen LogP contribution is 2.23. The van der Waals surface area contributed by atoms with Gasteiger partial charge in [0.2, 0.25) is 5.91 Å². The third kappa shape index (κ3) is 6.45. The van der Waals surface area contributed by atoms with Crippen LogP contribution in [0.2, 0.25) is 0 Å². The summed E-state index contributed by atoms with van der Waals surface area (Å²) in [6, 6.07) is 7.71. The molecule has 5 nitrogen and oxygen atoms in total. The number of benzene rings is 1. The number of aliphatic hydroxyl groups is 1. The first-order valence-corrected chi connectivity index (χ1v) is 7.87. The maximum absolute atomic E-state index is 12.1. The largest absolute Gasteiger partial charge is 0.492 e.